The topological polar surface area (TPSA) is 50.2 Å². The highest BCUT2D eigenvalue weighted by atomic mass is 16.2. The van der Waals surface area contributed by atoms with Gasteiger partial charge in [-0.2, -0.15) is 0 Å². The number of nitrogens with zero attached hydrogens (tertiary/aromatic N) is 3. The zero-order valence-electron chi connectivity index (χ0n) is 17.2. The van der Waals surface area contributed by atoms with Crippen LogP contribution in [0, 0.1) is 6.92 Å². The Labute approximate surface area is 172 Å². The van der Waals surface area contributed by atoms with Crippen molar-refractivity contribution in [2.45, 2.75) is 39.8 Å². The molecule has 3 heterocycles. The number of aryl methyl sites for hydroxylation is 2. The number of fused-ring (bicyclic) bond motifs is 1. The second-order valence-corrected chi connectivity index (χ2v) is 7.68. The first-order chi connectivity index (χ1) is 14.2. The van der Waals surface area contributed by atoms with E-state index in [1.54, 1.807) is 0 Å². The molecule has 2 aromatic heterocycles. The van der Waals surface area contributed by atoms with Gasteiger partial charge in [-0.1, -0.05) is 42.8 Å². The monoisotopic (exact) mass is 388 g/mol. The van der Waals surface area contributed by atoms with E-state index in [2.05, 4.69) is 71.3 Å². The van der Waals surface area contributed by atoms with Crippen LogP contribution in [0.4, 0.5) is 4.79 Å². The third-order valence-corrected chi connectivity index (χ3v) is 5.50. The van der Waals surface area contributed by atoms with E-state index in [0.29, 0.717) is 13.1 Å². The van der Waals surface area contributed by atoms with E-state index in [4.69, 9.17) is 0 Å². The van der Waals surface area contributed by atoms with Gasteiger partial charge in [0.05, 0.1) is 0 Å². The summed E-state index contributed by atoms with van der Waals surface area (Å²) in [5.41, 5.74) is 5.95. The van der Waals surface area contributed by atoms with Gasteiger partial charge in [0.25, 0.3) is 0 Å². The number of benzene rings is 1. The van der Waals surface area contributed by atoms with E-state index in [1.165, 1.54) is 22.1 Å². The summed E-state index contributed by atoms with van der Waals surface area (Å²) in [6, 6.07) is 12.4. The maximum atomic E-state index is 12.6. The van der Waals surface area contributed by atoms with Crippen LogP contribution in [-0.4, -0.2) is 33.6 Å². The molecule has 1 N–H and O–H groups in total. The molecule has 0 radical (unpaired) electrons. The fourth-order valence-electron chi connectivity index (χ4n) is 3.88. The van der Waals surface area contributed by atoms with E-state index in [0.717, 1.165) is 37.1 Å². The van der Waals surface area contributed by atoms with Crippen molar-refractivity contribution in [2.75, 3.05) is 13.1 Å². The highest BCUT2D eigenvalue weighted by molar-refractivity contribution is 5.91. The molecule has 1 aliphatic heterocycles. The molecule has 0 spiro atoms. The predicted molar refractivity (Wildman–Crippen MR) is 118 cm³/mol. The zero-order valence-corrected chi connectivity index (χ0v) is 17.2. The lowest BCUT2D eigenvalue weighted by Gasteiger charge is -2.26. The summed E-state index contributed by atoms with van der Waals surface area (Å²) in [7, 11) is 0. The molecule has 0 unspecified atom stereocenters. The van der Waals surface area contributed by atoms with Gasteiger partial charge >= 0.3 is 6.03 Å². The van der Waals surface area contributed by atoms with Crippen LogP contribution in [-0.2, 0) is 13.1 Å². The quantitative estimate of drug-likeness (QED) is 0.685. The first-order valence-electron chi connectivity index (χ1n) is 10.4. The molecule has 4 rings (SSSR count). The van der Waals surface area contributed by atoms with Gasteiger partial charge in [-0.05, 0) is 43.0 Å². The van der Waals surface area contributed by atoms with Crippen molar-refractivity contribution in [3.05, 3.63) is 71.6 Å². The number of carbonyl (C=O) groups excluding carboxylic acids is 1. The largest absolute Gasteiger partial charge is 0.334 e. The Morgan fingerprint density at radius 3 is 2.76 bits per heavy atom. The van der Waals surface area contributed by atoms with Crippen LogP contribution in [0.1, 0.15) is 36.5 Å². The van der Waals surface area contributed by atoms with E-state index in [1.807, 2.05) is 17.2 Å². The summed E-state index contributed by atoms with van der Waals surface area (Å²) in [5, 5.41) is 4.24. The highest BCUT2D eigenvalue weighted by Gasteiger charge is 2.20. The van der Waals surface area contributed by atoms with E-state index in [9.17, 15) is 4.79 Å². The van der Waals surface area contributed by atoms with Crippen molar-refractivity contribution in [2.24, 2.45) is 0 Å². The zero-order chi connectivity index (χ0) is 20.2. The summed E-state index contributed by atoms with van der Waals surface area (Å²) in [5.74, 6) is 0. The van der Waals surface area contributed by atoms with Crippen LogP contribution in [0.15, 0.2) is 54.9 Å². The van der Waals surface area contributed by atoms with Crippen molar-refractivity contribution in [3.63, 3.8) is 0 Å². The highest BCUT2D eigenvalue weighted by Crippen LogP contribution is 2.30. The van der Waals surface area contributed by atoms with Crippen LogP contribution in [0.25, 0.3) is 16.6 Å². The molecule has 3 aromatic rings. The Bertz CT molecular complexity index is 1030. The first kappa shape index (κ1) is 19.2. The number of hydrogen-bond donors (Lipinski definition) is 1. The fourth-order valence-corrected chi connectivity index (χ4v) is 3.88. The van der Waals surface area contributed by atoms with Gasteiger partial charge in [-0.15, -0.1) is 0 Å². The number of amides is 2. The molecular formula is C24H28N4O. The smallest absolute Gasteiger partial charge is 0.317 e. The predicted octanol–water partition coefficient (Wildman–Crippen LogP) is 4.75. The second kappa shape index (κ2) is 8.52. The number of pyridine rings is 1. The fraction of sp³-hybridized carbons (Fsp3) is 0.333. The molecule has 0 bridgehead atoms. The molecule has 150 valence electrons. The van der Waals surface area contributed by atoms with Gasteiger partial charge in [0.15, 0.2) is 0 Å². The summed E-state index contributed by atoms with van der Waals surface area (Å²) in [6.07, 6.45) is 8.20. The minimum Gasteiger partial charge on any atom is -0.334 e. The van der Waals surface area contributed by atoms with Crippen LogP contribution in [0.5, 0.6) is 0 Å². The van der Waals surface area contributed by atoms with Crippen LogP contribution in [0.2, 0.25) is 0 Å². The lowest BCUT2D eigenvalue weighted by molar-refractivity contribution is 0.202. The standard InChI is InChI=1S/C24H28N4O/c1-3-13-28-17-22(21-5-4-12-25-23(21)28)20-10-14-27(15-11-20)24(29)26-16-19-8-6-18(2)7-9-19/h4-10,12,17H,3,11,13-16H2,1-2H3,(H,26,29). The van der Waals surface area contributed by atoms with E-state index >= 15 is 0 Å². The summed E-state index contributed by atoms with van der Waals surface area (Å²) in [6.45, 7) is 7.13. The summed E-state index contributed by atoms with van der Waals surface area (Å²) >= 11 is 0. The number of nitrogens with one attached hydrogen (secondary N) is 1. The average molecular weight is 389 g/mol. The Morgan fingerprint density at radius 2 is 2.03 bits per heavy atom. The number of hydrogen-bond acceptors (Lipinski definition) is 2. The van der Waals surface area contributed by atoms with Crippen molar-refractivity contribution in [1.29, 1.82) is 0 Å². The van der Waals surface area contributed by atoms with Gasteiger partial charge in [-0.25, -0.2) is 9.78 Å². The molecule has 0 aliphatic carbocycles. The number of rotatable bonds is 5. The van der Waals surface area contributed by atoms with Crippen LogP contribution < -0.4 is 5.32 Å². The number of aromatic nitrogens is 2. The lowest BCUT2D eigenvalue weighted by Crippen LogP contribution is -2.41. The normalized spacial score (nSPS) is 14.1. The molecule has 1 aromatic carbocycles. The molecule has 0 saturated heterocycles. The summed E-state index contributed by atoms with van der Waals surface area (Å²) in [4.78, 5) is 19.0. The maximum absolute atomic E-state index is 12.6. The third-order valence-electron chi connectivity index (χ3n) is 5.50. The van der Waals surface area contributed by atoms with E-state index < -0.39 is 0 Å². The van der Waals surface area contributed by atoms with Crippen molar-refractivity contribution in [3.8, 4) is 0 Å². The molecule has 0 atom stereocenters. The number of carbonyl (C=O) groups is 1. The molecule has 1 aliphatic rings. The Morgan fingerprint density at radius 1 is 1.21 bits per heavy atom. The van der Waals surface area contributed by atoms with Gasteiger partial charge < -0.3 is 14.8 Å². The Kier molecular flexibility index (Phi) is 5.65. The van der Waals surface area contributed by atoms with Gasteiger partial charge in [0, 0.05) is 49.5 Å². The first-order valence-corrected chi connectivity index (χ1v) is 10.4. The molecular weight excluding hydrogens is 360 g/mol. The van der Waals surface area contributed by atoms with E-state index in [-0.39, 0.29) is 6.03 Å². The SMILES string of the molecule is CCCn1cc(C2=CCN(C(=O)NCc3ccc(C)cc3)CC2)c2cccnc21. The lowest BCUT2D eigenvalue weighted by atomic mass is 10.00. The average Bonchev–Trinajstić information content (AvgIpc) is 3.12. The molecule has 0 saturated carbocycles. The molecule has 5 nitrogen and oxygen atoms in total. The molecule has 0 fully saturated rings. The minimum absolute atomic E-state index is 0.00375. The Balaban J connectivity index is 1.43. The molecule has 29 heavy (non-hydrogen) atoms. The molecule has 2 amide bonds. The number of urea groups is 1. The van der Waals surface area contributed by atoms with Crippen molar-refractivity contribution in [1.82, 2.24) is 19.8 Å². The van der Waals surface area contributed by atoms with Gasteiger partial charge in [-0.3, -0.25) is 0 Å². The van der Waals surface area contributed by atoms with Gasteiger partial charge in [0.1, 0.15) is 5.65 Å². The van der Waals surface area contributed by atoms with Crippen LogP contribution >= 0.6 is 0 Å². The summed E-state index contributed by atoms with van der Waals surface area (Å²) < 4.78 is 2.24. The minimum atomic E-state index is -0.00375. The molecule has 5 heteroatoms. The van der Waals surface area contributed by atoms with Gasteiger partial charge in [0.2, 0.25) is 0 Å². The van der Waals surface area contributed by atoms with Crippen molar-refractivity contribution >= 4 is 22.6 Å². The maximum Gasteiger partial charge on any atom is 0.317 e. The second-order valence-electron chi connectivity index (χ2n) is 7.68. The third kappa shape index (κ3) is 4.19. The Hall–Kier alpha value is -3.08. The van der Waals surface area contributed by atoms with Crippen molar-refractivity contribution < 1.29 is 4.79 Å². The van der Waals surface area contributed by atoms with Crippen LogP contribution in [0.3, 0.4) is 0 Å².